The van der Waals surface area contributed by atoms with Crippen LogP contribution < -0.4 is 10.6 Å². The number of carbonyl (C=O) groups excluding carboxylic acids is 1. The highest BCUT2D eigenvalue weighted by molar-refractivity contribution is 6.36. The van der Waals surface area contributed by atoms with E-state index in [2.05, 4.69) is 15.7 Å². The zero-order chi connectivity index (χ0) is 20.5. The lowest BCUT2D eigenvalue weighted by Gasteiger charge is -2.33. The number of ether oxygens (including phenoxy) is 1. The Balaban J connectivity index is 1.96. The zero-order valence-electron chi connectivity index (χ0n) is 14.7. The lowest BCUT2D eigenvalue weighted by Crippen LogP contribution is -2.36. The van der Waals surface area contributed by atoms with Crippen LogP contribution >= 0.6 is 23.2 Å². The Labute approximate surface area is 168 Å². The molecule has 2 heterocycles. The van der Waals surface area contributed by atoms with E-state index in [0.717, 1.165) is 4.68 Å². The Morgan fingerprint density at radius 3 is 2.64 bits per heavy atom. The Kier molecular flexibility index (Phi) is 6.07. The topological polar surface area (TPSA) is 68.2 Å². The number of nitrogens with one attached hydrogen (secondary N) is 2. The molecule has 152 valence electrons. The first kappa shape index (κ1) is 20.8. The highest BCUT2D eigenvalue weighted by atomic mass is 35.5. The molecule has 28 heavy (non-hydrogen) atoms. The molecule has 0 fully saturated rings. The van der Waals surface area contributed by atoms with E-state index in [4.69, 9.17) is 27.9 Å². The van der Waals surface area contributed by atoms with Gasteiger partial charge in [0.25, 0.3) is 5.91 Å². The Hall–Kier alpha value is -1.97. The van der Waals surface area contributed by atoms with Gasteiger partial charge in [-0.3, -0.25) is 4.79 Å². The number of rotatable bonds is 5. The molecule has 0 unspecified atom stereocenters. The van der Waals surface area contributed by atoms with Crippen molar-refractivity contribution in [3.63, 3.8) is 0 Å². The minimum absolute atomic E-state index is 0.0490. The number of alkyl halides is 3. The van der Waals surface area contributed by atoms with Gasteiger partial charge in [0.15, 0.2) is 11.7 Å². The molecule has 0 aliphatic carbocycles. The van der Waals surface area contributed by atoms with Crippen molar-refractivity contribution in [2.24, 2.45) is 0 Å². The van der Waals surface area contributed by atoms with E-state index < -0.39 is 24.2 Å². The molecule has 11 heteroatoms. The maximum atomic E-state index is 13.7. The van der Waals surface area contributed by atoms with Gasteiger partial charge in [0, 0.05) is 25.1 Å². The van der Waals surface area contributed by atoms with Gasteiger partial charge in [-0.05, 0) is 17.7 Å². The van der Waals surface area contributed by atoms with E-state index in [9.17, 15) is 18.0 Å². The number of carbonyl (C=O) groups is 1. The van der Waals surface area contributed by atoms with E-state index in [0.29, 0.717) is 10.6 Å². The lowest BCUT2D eigenvalue weighted by atomic mass is 9.97. The van der Waals surface area contributed by atoms with E-state index in [-0.39, 0.29) is 36.1 Å². The van der Waals surface area contributed by atoms with Gasteiger partial charge >= 0.3 is 6.18 Å². The van der Waals surface area contributed by atoms with Crippen molar-refractivity contribution in [3.05, 3.63) is 45.6 Å². The number of anilines is 1. The minimum atomic E-state index is -4.57. The summed E-state index contributed by atoms with van der Waals surface area (Å²) in [6.45, 7) is 0.427. The molecular weight excluding hydrogens is 420 g/mol. The number of hydrogen-bond acceptors (Lipinski definition) is 4. The lowest BCUT2D eigenvalue weighted by molar-refractivity contribution is -0.173. The number of nitrogens with zero attached hydrogens (tertiary/aromatic N) is 2. The predicted molar refractivity (Wildman–Crippen MR) is 99.0 cm³/mol. The second-order valence-corrected chi connectivity index (χ2v) is 7.06. The summed E-state index contributed by atoms with van der Waals surface area (Å²) in [4.78, 5) is 12.3. The van der Waals surface area contributed by atoms with E-state index in [1.165, 1.54) is 7.11 Å². The molecule has 0 saturated carbocycles. The third kappa shape index (κ3) is 4.21. The molecule has 2 atom stereocenters. The molecule has 0 saturated heterocycles. The van der Waals surface area contributed by atoms with Crippen molar-refractivity contribution in [1.29, 1.82) is 0 Å². The van der Waals surface area contributed by atoms with Crippen LogP contribution in [0.2, 0.25) is 10.0 Å². The van der Waals surface area contributed by atoms with Crippen LogP contribution in [0.4, 0.5) is 19.0 Å². The van der Waals surface area contributed by atoms with Crippen LogP contribution in [0.15, 0.2) is 24.3 Å². The molecule has 6 nitrogen and oxygen atoms in total. The summed E-state index contributed by atoms with van der Waals surface area (Å²) < 4.78 is 46.6. The second kappa shape index (κ2) is 8.18. The van der Waals surface area contributed by atoms with Gasteiger partial charge in [0.05, 0.1) is 12.6 Å². The number of hydrogen-bond donors (Lipinski definition) is 2. The first-order valence-electron chi connectivity index (χ1n) is 8.36. The molecule has 1 aliphatic rings. The largest absolute Gasteiger partial charge is 0.410 e. The van der Waals surface area contributed by atoms with Crippen molar-refractivity contribution in [2.75, 3.05) is 25.6 Å². The fraction of sp³-hybridized carbons (Fsp3) is 0.412. The van der Waals surface area contributed by atoms with Gasteiger partial charge in [-0.15, -0.1) is 0 Å². The summed E-state index contributed by atoms with van der Waals surface area (Å²) in [7, 11) is 1.46. The van der Waals surface area contributed by atoms with E-state index >= 15 is 0 Å². The monoisotopic (exact) mass is 436 g/mol. The van der Waals surface area contributed by atoms with Crippen LogP contribution in [0.3, 0.4) is 0 Å². The number of halogens is 5. The zero-order valence-corrected chi connectivity index (χ0v) is 16.2. The second-order valence-electron chi connectivity index (χ2n) is 6.25. The Morgan fingerprint density at radius 1 is 1.36 bits per heavy atom. The van der Waals surface area contributed by atoms with Crippen molar-refractivity contribution in [2.45, 2.75) is 24.7 Å². The van der Waals surface area contributed by atoms with Gasteiger partial charge in [-0.25, -0.2) is 4.68 Å². The predicted octanol–water partition coefficient (Wildman–Crippen LogP) is 4.23. The van der Waals surface area contributed by atoms with Gasteiger partial charge < -0.3 is 15.4 Å². The summed E-state index contributed by atoms with van der Waals surface area (Å²) in [6, 6.07) is 3.89. The summed E-state index contributed by atoms with van der Waals surface area (Å²) in [6.07, 6.45) is -4.87. The summed E-state index contributed by atoms with van der Waals surface area (Å²) in [5.41, 5.74) is 0.347. The standard InChI is InChI=1S/C17H17Cl2F3N4O2/c1-28-7-6-23-16(27)14-13(19)15-24-11(9-2-4-10(18)5-3-9)8-12(17(20,21)22)26(15)25-14/h2-5,11-12,24H,6-8H2,1H3,(H,23,27)/t11-,12-/m1/s1. The molecule has 1 aromatic heterocycles. The van der Waals surface area contributed by atoms with Crippen molar-refractivity contribution < 1.29 is 22.7 Å². The normalized spacial score (nSPS) is 19.1. The molecule has 0 bridgehead atoms. The third-order valence-corrected chi connectivity index (χ3v) is 4.98. The quantitative estimate of drug-likeness (QED) is 0.688. The van der Waals surface area contributed by atoms with Crippen LogP contribution in [-0.2, 0) is 4.74 Å². The van der Waals surface area contributed by atoms with Crippen LogP contribution in [0.5, 0.6) is 0 Å². The number of amides is 1. The molecule has 1 aliphatic heterocycles. The average molecular weight is 437 g/mol. The number of fused-ring (bicyclic) bond motifs is 1. The smallest absolute Gasteiger partial charge is 0.383 e. The molecule has 3 rings (SSSR count). The maximum absolute atomic E-state index is 13.7. The van der Waals surface area contributed by atoms with Gasteiger partial charge in [-0.2, -0.15) is 18.3 Å². The number of benzene rings is 1. The van der Waals surface area contributed by atoms with E-state index in [1.54, 1.807) is 24.3 Å². The molecule has 0 spiro atoms. The molecule has 1 aromatic carbocycles. The highest BCUT2D eigenvalue weighted by Gasteiger charge is 2.47. The molecule has 1 amide bonds. The average Bonchev–Trinajstić information content (AvgIpc) is 2.98. The first-order chi connectivity index (χ1) is 13.2. The number of aromatic nitrogens is 2. The van der Waals surface area contributed by atoms with Crippen LogP contribution in [-0.4, -0.2) is 42.1 Å². The van der Waals surface area contributed by atoms with Gasteiger partial charge in [-0.1, -0.05) is 35.3 Å². The first-order valence-corrected chi connectivity index (χ1v) is 9.11. The fourth-order valence-corrected chi connectivity index (χ4v) is 3.39. The van der Waals surface area contributed by atoms with Gasteiger partial charge in [0.1, 0.15) is 10.8 Å². The minimum Gasteiger partial charge on any atom is -0.383 e. The molecule has 0 radical (unpaired) electrons. The number of methoxy groups -OCH3 is 1. The van der Waals surface area contributed by atoms with Crippen molar-refractivity contribution >= 4 is 34.9 Å². The van der Waals surface area contributed by atoms with Crippen molar-refractivity contribution in [1.82, 2.24) is 15.1 Å². The molecule has 2 aromatic rings. The van der Waals surface area contributed by atoms with Crippen LogP contribution in [0, 0.1) is 0 Å². The maximum Gasteiger partial charge on any atom is 0.410 e. The Bertz CT molecular complexity index is 855. The van der Waals surface area contributed by atoms with E-state index in [1.807, 2.05) is 0 Å². The molecular formula is C17H17Cl2F3N4O2. The Morgan fingerprint density at radius 2 is 2.04 bits per heavy atom. The summed E-state index contributed by atoms with van der Waals surface area (Å²) >= 11 is 12.1. The van der Waals surface area contributed by atoms with Crippen molar-refractivity contribution in [3.8, 4) is 0 Å². The third-order valence-electron chi connectivity index (χ3n) is 4.37. The fourth-order valence-electron chi connectivity index (χ4n) is 3.00. The summed E-state index contributed by atoms with van der Waals surface area (Å²) in [5, 5.41) is 9.63. The SMILES string of the molecule is COCCNC(=O)c1nn2c(c1Cl)N[C@@H](c1ccc(Cl)cc1)C[C@@H]2C(F)(F)F. The summed E-state index contributed by atoms with van der Waals surface area (Å²) in [5.74, 6) is -0.721. The highest BCUT2D eigenvalue weighted by Crippen LogP contribution is 2.46. The van der Waals surface area contributed by atoms with Crippen LogP contribution in [0.25, 0.3) is 0 Å². The van der Waals surface area contributed by atoms with Crippen LogP contribution in [0.1, 0.15) is 34.6 Å². The molecule has 2 N–H and O–H groups in total. The van der Waals surface area contributed by atoms with Gasteiger partial charge in [0.2, 0.25) is 0 Å².